The van der Waals surface area contributed by atoms with Crippen molar-refractivity contribution < 1.29 is 56.9 Å². The number of aldehydes is 1. The molecule has 0 radical (unpaired) electrons. The van der Waals surface area contributed by atoms with Crippen LogP contribution in [0.2, 0.25) is 0 Å². The molecule has 17 nitrogen and oxygen atoms in total. The van der Waals surface area contributed by atoms with Crippen molar-refractivity contribution in [3.05, 3.63) is 167 Å². The lowest BCUT2D eigenvalue weighted by atomic mass is 9.92. The molecule has 0 spiro atoms. The maximum Gasteiger partial charge on any atom is 0.411 e. The highest BCUT2D eigenvalue weighted by molar-refractivity contribution is 6.00. The van der Waals surface area contributed by atoms with Gasteiger partial charge < -0.3 is 44.7 Å². The number of aliphatic hydroxyl groups excluding tert-OH is 1. The molecule has 6 amide bonds. The Morgan fingerprint density at radius 2 is 1.33 bits per heavy atom. The van der Waals surface area contributed by atoms with Gasteiger partial charge in [0.2, 0.25) is 11.8 Å². The van der Waals surface area contributed by atoms with E-state index in [0.29, 0.717) is 69.5 Å². The van der Waals surface area contributed by atoms with E-state index in [4.69, 9.17) is 9.47 Å². The fourth-order valence-electron chi connectivity index (χ4n) is 9.94. The number of piperazine rings is 2. The second-order valence-corrected chi connectivity index (χ2v) is 23.7. The number of rotatable bonds is 23. The minimum atomic E-state index is -1.46. The highest BCUT2D eigenvalue weighted by Crippen LogP contribution is 2.24. The number of amides is 6. The predicted octanol–water partition coefficient (Wildman–Crippen LogP) is 10.3. The molecule has 0 aromatic heterocycles. The Hall–Kier alpha value is -7.77. The van der Waals surface area contributed by atoms with Gasteiger partial charge in [-0.05, 0) is 140 Å². The number of carbonyl (C=O) groups is 7. The summed E-state index contributed by atoms with van der Waals surface area (Å²) in [4.78, 5) is 94.5. The van der Waals surface area contributed by atoms with E-state index in [0.717, 1.165) is 55.0 Å². The Balaban J connectivity index is 0.000000343. The predicted molar refractivity (Wildman–Crippen MR) is 330 cm³/mol. The third-order valence-corrected chi connectivity index (χ3v) is 13.7. The van der Waals surface area contributed by atoms with Crippen molar-refractivity contribution in [2.75, 3.05) is 32.7 Å². The van der Waals surface area contributed by atoms with E-state index < -0.39 is 65.2 Å². The number of hydrogen-bond acceptors (Lipinski definition) is 11. The van der Waals surface area contributed by atoms with E-state index >= 15 is 0 Å². The zero-order valence-corrected chi connectivity index (χ0v) is 51.9. The molecular weight excluding hydrogens is 1100 g/mol. The van der Waals surface area contributed by atoms with Gasteiger partial charge in [0, 0.05) is 62.5 Å². The molecule has 6 atom stereocenters. The summed E-state index contributed by atoms with van der Waals surface area (Å²) >= 11 is 0. The van der Waals surface area contributed by atoms with Gasteiger partial charge in [0.1, 0.15) is 41.7 Å². The fraction of sp³-hybridized carbons (Fsp3) is 0.478. The number of hydrogen-bond donors (Lipinski definition) is 4. The molecule has 0 aliphatic carbocycles. The number of aliphatic hydroxyl groups is 1. The van der Waals surface area contributed by atoms with Crippen LogP contribution in [-0.2, 0) is 43.4 Å². The SMILES string of the molecule is C=CC[C@@H](C=O)NC(=O)OC(C)(C)C.C=CC[C@H]1CN(Cc2ccccc2)C(=O)CN1C(=O)OC(C)(C)C.CCC[C@H]1CN(Cc2ccccc2)C(=O)[C@H]([C@@H](O)[C@H](Cc2cc(F)cc(F)c2)NC(=O)c2cc(C)cc(C(=O)N(CCC)CCC)c2)N1. The Bertz CT molecular complexity index is 2850. The number of halogens is 2. The van der Waals surface area contributed by atoms with Crippen LogP contribution in [0.5, 0.6) is 0 Å². The minimum Gasteiger partial charge on any atom is -0.444 e. The van der Waals surface area contributed by atoms with Gasteiger partial charge in [-0.2, -0.15) is 0 Å². The molecule has 19 heteroatoms. The topological polar surface area (TPSA) is 207 Å². The molecule has 4 aromatic rings. The summed E-state index contributed by atoms with van der Waals surface area (Å²) in [7, 11) is 0. The molecule has 4 aromatic carbocycles. The smallest absolute Gasteiger partial charge is 0.411 e. The summed E-state index contributed by atoms with van der Waals surface area (Å²) in [6.45, 7) is 28.9. The molecule has 2 aliphatic heterocycles. The lowest BCUT2D eigenvalue weighted by Crippen LogP contribution is -2.66. The van der Waals surface area contributed by atoms with Crippen LogP contribution < -0.4 is 16.0 Å². The zero-order valence-electron chi connectivity index (χ0n) is 51.9. The molecule has 0 saturated carbocycles. The number of benzene rings is 4. The van der Waals surface area contributed by atoms with Gasteiger partial charge >= 0.3 is 12.2 Å². The highest BCUT2D eigenvalue weighted by atomic mass is 19.1. The Morgan fingerprint density at radius 1 is 0.756 bits per heavy atom. The number of carbonyl (C=O) groups excluding carboxylic acids is 7. The number of nitrogens with zero attached hydrogens (tertiary/aromatic N) is 4. The molecule has 2 fully saturated rings. The van der Waals surface area contributed by atoms with Crippen LogP contribution in [0.3, 0.4) is 0 Å². The highest BCUT2D eigenvalue weighted by Gasteiger charge is 2.42. The van der Waals surface area contributed by atoms with Crippen LogP contribution >= 0.6 is 0 Å². The van der Waals surface area contributed by atoms with E-state index in [1.165, 1.54) is 11.0 Å². The average molecular weight is 1190 g/mol. The Labute approximate surface area is 507 Å². The van der Waals surface area contributed by atoms with E-state index in [2.05, 4.69) is 29.1 Å². The van der Waals surface area contributed by atoms with Crippen molar-refractivity contribution in [2.45, 2.75) is 175 Å². The van der Waals surface area contributed by atoms with Gasteiger partial charge in [-0.3, -0.25) is 29.4 Å². The molecule has 2 saturated heterocycles. The van der Waals surface area contributed by atoms with Crippen LogP contribution in [0.15, 0.2) is 122 Å². The molecule has 0 unspecified atom stereocenters. The maximum absolute atomic E-state index is 14.3. The van der Waals surface area contributed by atoms with Crippen molar-refractivity contribution in [3.63, 3.8) is 0 Å². The summed E-state index contributed by atoms with van der Waals surface area (Å²) in [5.41, 5.74) is 2.37. The summed E-state index contributed by atoms with van der Waals surface area (Å²) in [5.74, 6) is -2.75. The Kier molecular flexibility index (Phi) is 28.3. The fourth-order valence-corrected chi connectivity index (χ4v) is 9.94. The van der Waals surface area contributed by atoms with Gasteiger partial charge in [0.15, 0.2) is 0 Å². The third kappa shape index (κ3) is 23.6. The largest absolute Gasteiger partial charge is 0.444 e. The first-order valence-corrected chi connectivity index (χ1v) is 29.6. The van der Waals surface area contributed by atoms with Crippen LogP contribution in [0, 0.1) is 18.6 Å². The van der Waals surface area contributed by atoms with Gasteiger partial charge in [0.05, 0.1) is 24.2 Å². The van der Waals surface area contributed by atoms with Crippen LogP contribution in [0.25, 0.3) is 0 Å². The number of ether oxygens (including phenoxy) is 2. The average Bonchev–Trinajstić information content (AvgIpc) is 1.47. The van der Waals surface area contributed by atoms with Gasteiger partial charge in [0.25, 0.3) is 11.8 Å². The summed E-state index contributed by atoms with van der Waals surface area (Å²) in [5, 5.41) is 20.5. The molecule has 86 heavy (non-hydrogen) atoms. The standard InChI is InChI=1S/C38H48F2N4O4.C19H26N2O3.C10H17NO3/c1-5-11-32-24-44(23-26-12-9-8-10-13-26)38(48)34(41-32)35(45)33(20-27-18-30(39)22-31(40)19-27)42-36(46)28-16-25(4)17-29(21-28)37(47)43(14-6-2)15-7-3;1-5-9-16-13-20(12-15-10-7-6-8-11-15)17(22)14-21(16)18(23)24-19(2,3)4;1-5-6-8(7-12)11-9(13)14-10(2,3)4/h8-10,12-13,16-19,21-22,32-35,41,45H,5-7,11,14-15,20,23-24H2,1-4H3,(H,42,46);5-8,10-11,16H,1,9,12-14H2,2-4H3;5,7-8H,1,6H2,2-4H3,(H,11,13)/t32-,33-,34-,35-;16-;8-/m000/s1. The van der Waals surface area contributed by atoms with Gasteiger partial charge in [-0.15, -0.1) is 13.2 Å². The lowest BCUT2D eigenvalue weighted by Gasteiger charge is -2.42. The van der Waals surface area contributed by atoms with Crippen molar-refractivity contribution in [1.82, 2.24) is 35.6 Å². The maximum atomic E-state index is 14.3. The molecule has 468 valence electrons. The van der Waals surface area contributed by atoms with Crippen molar-refractivity contribution in [3.8, 4) is 0 Å². The minimum absolute atomic E-state index is 0.0419. The van der Waals surface area contributed by atoms with Gasteiger partial charge in [-0.25, -0.2) is 18.4 Å². The van der Waals surface area contributed by atoms with E-state index in [-0.39, 0.29) is 53.9 Å². The van der Waals surface area contributed by atoms with Crippen molar-refractivity contribution in [1.29, 1.82) is 0 Å². The first kappa shape index (κ1) is 70.7. The quantitative estimate of drug-likeness (QED) is 0.0406. The number of alkyl carbamates (subject to hydrolysis) is 1. The Morgan fingerprint density at radius 3 is 1.85 bits per heavy atom. The normalized spacial score (nSPS) is 17.0. The molecule has 2 heterocycles. The molecule has 2 aliphatic rings. The van der Waals surface area contributed by atoms with Crippen LogP contribution in [0.4, 0.5) is 18.4 Å². The molecular formula is C67H91F2N7O10. The summed E-state index contributed by atoms with van der Waals surface area (Å²) < 4.78 is 38.9. The van der Waals surface area contributed by atoms with Gasteiger partial charge in [-0.1, -0.05) is 100 Å². The second kappa shape index (κ2) is 34.4. The van der Waals surface area contributed by atoms with Crippen LogP contribution in [0.1, 0.15) is 144 Å². The van der Waals surface area contributed by atoms with Crippen molar-refractivity contribution >= 4 is 42.1 Å². The second-order valence-electron chi connectivity index (χ2n) is 23.7. The molecule has 6 rings (SSSR count). The van der Waals surface area contributed by atoms with E-state index in [1.54, 1.807) is 66.7 Å². The number of nitrogens with one attached hydrogen (secondary N) is 3. The number of aryl methyl sites for hydroxylation is 1. The molecule has 0 bridgehead atoms. The van der Waals surface area contributed by atoms with Crippen LogP contribution in [-0.4, -0.2) is 147 Å². The van der Waals surface area contributed by atoms with E-state index in [1.807, 2.05) is 102 Å². The lowest BCUT2D eigenvalue weighted by molar-refractivity contribution is -0.142. The monoisotopic (exact) mass is 1190 g/mol. The zero-order chi connectivity index (χ0) is 63.7. The van der Waals surface area contributed by atoms with E-state index in [9.17, 15) is 47.4 Å². The first-order chi connectivity index (χ1) is 40.7. The third-order valence-electron chi connectivity index (χ3n) is 13.7. The summed E-state index contributed by atoms with van der Waals surface area (Å²) in [6.07, 6.45) is 5.57. The van der Waals surface area contributed by atoms with Crippen molar-refractivity contribution in [2.24, 2.45) is 0 Å². The first-order valence-electron chi connectivity index (χ1n) is 29.6. The summed E-state index contributed by atoms with van der Waals surface area (Å²) in [6, 6.07) is 24.4. The molecule has 4 N–H and O–H groups in total.